The lowest BCUT2D eigenvalue weighted by molar-refractivity contribution is 0.258. The molecule has 0 heterocycles. The molecule has 0 aromatic carbocycles. The predicted octanol–water partition coefficient (Wildman–Crippen LogP) is 4.71. The monoisotopic (exact) mass is 271 g/mol. The number of thioether (sulfide) groups is 1. The Hall–Kier alpha value is 0.310. The van der Waals surface area contributed by atoms with Crippen LogP contribution < -0.4 is 5.32 Å². The second-order valence-corrected chi connectivity index (χ2v) is 7.91. The summed E-state index contributed by atoms with van der Waals surface area (Å²) < 4.78 is 0. The largest absolute Gasteiger partial charge is 0.312 e. The standard InChI is InChI=1S/C16H33NS/c1-16(2,3)17-13-15-10-7-5-6-9-14(15)11-8-12-18-4/h14-15,17H,5-13H2,1-4H3. The van der Waals surface area contributed by atoms with Gasteiger partial charge in [-0.25, -0.2) is 0 Å². The molecule has 1 rings (SSSR count). The molecule has 1 nitrogen and oxygen atoms in total. The smallest absolute Gasteiger partial charge is 0.00966 e. The van der Waals surface area contributed by atoms with Crippen LogP contribution in [0.3, 0.4) is 0 Å². The van der Waals surface area contributed by atoms with Crippen LogP contribution in [0.15, 0.2) is 0 Å². The van der Waals surface area contributed by atoms with E-state index >= 15 is 0 Å². The van der Waals surface area contributed by atoms with E-state index < -0.39 is 0 Å². The normalized spacial score (nSPS) is 26.0. The zero-order valence-electron chi connectivity index (χ0n) is 12.9. The molecule has 0 saturated heterocycles. The molecule has 1 saturated carbocycles. The molecule has 0 amide bonds. The molecular formula is C16H33NS. The van der Waals surface area contributed by atoms with Crippen molar-refractivity contribution in [2.75, 3.05) is 18.6 Å². The molecule has 1 aliphatic carbocycles. The first-order valence-corrected chi connectivity index (χ1v) is 9.16. The zero-order valence-corrected chi connectivity index (χ0v) is 13.7. The highest BCUT2D eigenvalue weighted by Crippen LogP contribution is 2.32. The lowest BCUT2D eigenvalue weighted by atomic mass is 9.84. The van der Waals surface area contributed by atoms with Crippen molar-refractivity contribution in [2.45, 2.75) is 71.3 Å². The Morgan fingerprint density at radius 1 is 1.06 bits per heavy atom. The Morgan fingerprint density at radius 2 is 1.72 bits per heavy atom. The maximum Gasteiger partial charge on any atom is 0.00966 e. The minimum atomic E-state index is 0.274. The number of hydrogen-bond donors (Lipinski definition) is 1. The molecule has 2 heteroatoms. The SMILES string of the molecule is CSCCCC1CCCCCC1CNC(C)(C)C. The first-order chi connectivity index (χ1) is 8.53. The van der Waals surface area contributed by atoms with Crippen LogP contribution in [0.2, 0.25) is 0 Å². The summed E-state index contributed by atoms with van der Waals surface area (Å²) in [7, 11) is 0. The van der Waals surface area contributed by atoms with Gasteiger partial charge < -0.3 is 5.32 Å². The van der Waals surface area contributed by atoms with Crippen molar-refractivity contribution in [3.63, 3.8) is 0 Å². The Labute approximate surface area is 119 Å². The third kappa shape index (κ3) is 7.04. The van der Waals surface area contributed by atoms with E-state index in [2.05, 4.69) is 32.3 Å². The van der Waals surface area contributed by atoms with Crippen LogP contribution in [-0.4, -0.2) is 24.1 Å². The van der Waals surface area contributed by atoms with Gasteiger partial charge in [0.1, 0.15) is 0 Å². The summed E-state index contributed by atoms with van der Waals surface area (Å²) in [6.07, 6.45) is 12.4. The van der Waals surface area contributed by atoms with Crippen LogP contribution in [0.25, 0.3) is 0 Å². The van der Waals surface area contributed by atoms with Gasteiger partial charge in [-0.3, -0.25) is 0 Å². The second-order valence-electron chi connectivity index (χ2n) is 6.92. The molecule has 0 radical (unpaired) electrons. The van der Waals surface area contributed by atoms with Crippen LogP contribution in [0.4, 0.5) is 0 Å². The van der Waals surface area contributed by atoms with Crippen molar-refractivity contribution < 1.29 is 0 Å². The molecule has 0 bridgehead atoms. The van der Waals surface area contributed by atoms with Crippen molar-refractivity contribution in [3.8, 4) is 0 Å². The molecular weight excluding hydrogens is 238 g/mol. The number of nitrogens with one attached hydrogen (secondary N) is 1. The maximum absolute atomic E-state index is 3.73. The summed E-state index contributed by atoms with van der Waals surface area (Å²) in [6, 6.07) is 0. The van der Waals surface area contributed by atoms with Gasteiger partial charge >= 0.3 is 0 Å². The highest BCUT2D eigenvalue weighted by atomic mass is 32.2. The van der Waals surface area contributed by atoms with Gasteiger partial charge in [-0.05, 0) is 70.4 Å². The average molecular weight is 272 g/mol. The third-order valence-electron chi connectivity index (χ3n) is 4.13. The van der Waals surface area contributed by atoms with E-state index in [0.29, 0.717) is 0 Å². The van der Waals surface area contributed by atoms with Gasteiger partial charge in [0.25, 0.3) is 0 Å². The van der Waals surface area contributed by atoms with Crippen LogP contribution in [0.1, 0.15) is 65.7 Å². The third-order valence-corrected chi connectivity index (χ3v) is 4.83. The van der Waals surface area contributed by atoms with Crippen molar-refractivity contribution in [2.24, 2.45) is 11.8 Å². The zero-order chi connectivity index (χ0) is 13.4. The van der Waals surface area contributed by atoms with Crippen LogP contribution >= 0.6 is 11.8 Å². The first-order valence-electron chi connectivity index (χ1n) is 7.77. The van der Waals surface area contributed by atoms with E-state index in [0.717, 1.165) is 11.8 Å². The van der Waals surface area contributed by atoms with Crippen LogP contribution in [0, 0.1) is 11.8 Å². The highest BCUT2D eigenvalue weighted by Gasteiger charge is 2.24. The molecule has 0 aliphatic heterocycles. The van der Waals surface area contributed by atoms with E-state index in [1.54, 1.807) is 0 Å². The fourth-order valence-electron chi connectivity index (χ4n) is 3.04. The van der Waals surface area contributed by atoms with Crippen LogP contribution in [-0.2, 0) is 0 Å². The van der Waals surface area contributed by atoms with Crippen molar-refractivity contribution in [1.29, 1.82) is 0 Å². The van der Waals surface area contributed by atoms with Gasteiger partial charge in [0.05, 0.1) is 0 Å². The Morgan fingerprint density at radius 3 is 2.33 bits per heavy atom. The highest BCUT2D eigenvalue weighted by molar-refractivity contribution is 7.98. The summed E-state index contributed by atoms with van der Waals surface area (Å²) in [4.78, 5) is 0. The number of hydrogen-bond acceptors (Lipinski definition) is 2. The van der Waals surface area contributed by atoms with E-state index in [4.69, 9.17) is 0 Å². The Kier molecular flexibility index (Phi) is 7.70. The first kappa shape index (κ1) is 16.4. The fourth-order valence-corrected chi connectivity index (χ4v) is 3.49. The molecule has 2 atom stereocenters. The van der Waals surface area contributed by atoms with E-state index in [-0.39, 0.29) is 5.54 Å². The van der Waals surface area contributed by atoms with Gasteiger partial charge in [-0.1, -0.05) is 25.7 Å². The quantitative estimate of drug-likeness (QED) is 0.554. The molecule has 108 valence electrons. The van der Waals surface area contributed by atoms with Gasteiger partial charge in [0.15, 0.2) is 0 Å². The van der Waals surface area contributed by atoms with Crippen molar-refractivity contribution in [1.82, 2.24) is 5.32 Å². The molecule has 1 aliphatic rings. The topological polar surface area (TPSA) is 12.0 Å². The summed E-state index contributed by atoms with van der Waals surface area (Å²) in [5.41, 5.74) is 0.274. The fraction of sp³-hybridized carbons (Fsp3) is 1.00. The molecule has 0 aromatic rings. The molecule has 1 N–H and O–H groups in total. The lowest BCUT2D eigenvalue weighted by Crippen LogP contribution is -2.40. The summed E-state index contributed by atoms with van der Waals surface area (Å²) in [6.45, 7) is 8.08. The molecule has 18 heavy (non-hydrogen) atoms. The lowest BCUT2D eigenvalue weighted by Gasteiger charge is -2.29. The van der Waals surface area contributed by atoms with E-state index in [1.165, 1.54) is 57.2 Å². The molecule has 1 fully saturated rings. The minimum absolute atomic E-state index is 0.274. The molecule has 0 aromatic heterocycles. The second kappa shape index (κ2) is 8.47. The summed E-state index contributed by atoms with van der Waals surface area (Å²) >= 11 is 2.00. The Balaban J connectivity index is 2.41. The van der Waals surface area contributed by atoms with Crippen molar-refractivity contribution >= 4 is 11.8 Å². The van der Waals surface area contributed by atoms with E-state index in [9.17, 15) is 0 Å². The Bertz CT molecular complexity index is 210. The van der Waals surface area contributed by atoms with Crippen molar-refractivity contribution in [3.05, 3.63) is 0 Å². The average Bonchev–Trinajstić information content (AvgIpc) is 2.51. The van der Waals surface area contributed by atoms with Gasteiger partial charge in [-0.2, -0.15) is 11.8 Å². The van der Waals surface area contributed by atoms with Gasteiger partial charge in [0.2, 0.25) is 0 Å². The maximum atomic E-state index is 3.73. The minimum Gasteiger partial charge on any atom is -0.312 e. The summed E-state index contributed by atoms with van der Waals surface area (Å²) in [5, 5.41) is 3.73. The predicted molar refractivity (Wildman–Crippen MR) is 85.4 cm³/mol. The van der Waals surface area contributed by atoms with E-state index in [1.807, 2.05) is 11.8 Å². The number of rotatable bonds is 6. The summed E-state index contributed by atoms with van der Waals surface area (Å²) in [5.74, 6) is 3.25. The molecule has 2 unspecified atom stereocenters. The van der Waals surface area contributed by atoms with Gasteiger partial charge in [0, 0.05) is 5.54 Å². The van der Waals surface area contributed by atoms with Gasteiger partial charge in [-0.15, -0.1) is 0 Å². The molecule has 0 spiro atoms. The van der Waals surface area contributed by atoms with Crippen LogP contribution in [0.5, 0.6) is 0 Å².